The first-order valence-electron chi connectivity index (χ1n) is 7.48. The van der Waals surface area contributed by atoms with Gasteiger partial charge in [0.1, 0.15) is 11.5 Å². The van der Waals surface area contributed by atoms with Gasteiger partial charge in [-0.25, -0.2) is 4.79 Å². The smallest absolute Gasteiger partial charge is 0.335 e. The van der Waals surface area contributed by atoms with Gasteiger partial charge in [-0.2, -0.15) is 0 Å². The molecule has 0 aliphatic heterocycles. The molecular formula is C18H19NO5. The molecule has 0 saturated carbocycles. The van der Waals surface area contributed by atoms with E-state index in [1.54, 1.807) is 43.5 Å². The van der Waals surface area contributed by atoms with Gasteiger partial charge in [-0.15, -0.1) is 0 Å². The predicted octanol–water partition coefficient (Wildman–Crippen LogP) is 3.19. The first-order chi connectivity index (χ1) is 11.6. The number of carbonyl (C=O) groups is 2. The summed E-state index contributed by atoms with van der Waals surface area (Å²) in [6.45, 7) is 0.412. The Morgan fingerprint density at radius 3 is 2.46 bits per heavy atom. The van der Waals surface area contributed by atoms with Crippen LogP contribution in [0.5, 0.6) is 11.5 Å². The molecule has 24 heavy (non-hydrogen) atoms. The summed E-state index contributed by atoms with van der Waals surface area (Å²) in [5.41, 5.74) is 0.603. The number of hydrogen-bond donors (Lipinski definition) is 2. The van der Waals surface area contributed by atoms with E-state index in [4.69, 9.17) is 14.6 Å². The van der Waals surface area contributed by atoms with Gasteiger partial charge in [-0.3, -0.25) is 4.79 Å². The number of carboxylic acids is 1. The highest BCUT2D eigenvalue weighted by atomic mass is 16.5. The van der Waals surface area contributed by atoms with Crippen molar-refractivity contribution in [3.8, 4) is 11.5 Å². The third kappa shape index (κ3) is 5.31. The molecule has 1 amide bonds. The van der Waals surface area contributed by atoms with Gasteiger partial charge in [-0.05, 0) is 48.9 Å². The van der Waals surface area contributed by atoms with Crippen molar-refractivity contribution in [3.63, 3.8) is 0 Å². The van der Waals surface area contributed by atoms with Crippen LogP contribution >= 0.6 is 0 Å². The van der Waals surface area contributed by atoms with E-state index in [0.29, 0.717) is 24.5 Å². The van der Waals surface area contributed by atoms with E-state index in [1.165, 1.54) is 12.1 Å². The topological polar surface area (TPSA) is 84.9 Å². The molecule has 0 aliphatic carbocycles. The Kier molecular flexibility index (Phi) is 6.19. The van der Waals surface area contributed by atoms with Crippen LogP contribution in [0.1, 0.15) is 23.2 Å². The largest absolute Gasteiger partial charge is 0.497 e. The Hall–Kier alpha value is -3.02. The SMILES string of the molecule is COc1ccc(OCCCC(=O)Nc2cccc(C(=O)O)c2)cc1. The zero-order valence-electron chi connectivity index (χ0n) is 13.3. The molecule has 0 unspecified atom stereocenters. The second kappa shape index (κ2) is 8.57. The third-order valence-corrected chi connectivity index (χ3v) is 3.27. The fourth-order valence-electron chi connectivity index (χ4n) is 2.05. The second-order valence-corrected chi connectivity index (χ2v) is 5.06. The highest BCUT2D eigenvalue weighted by Gasteiger charge is 2.06. The van der Waals surface area contributed by atoms with Gasteiger partial charge in [0, 0.05) is 12.1 Å². The van der Waals surface area contributed by atoms with Crippen molar-refractivity contribution in [2.24, 2.45) is 0 Å². The molecule has 0 radical (unpaired) electrons. The number of hydrogen-bond acceptors (Lipinski definition) is 4. The molecular weight excluding hydrogens is 310 g/mol. The van der Waals surface area contributed by atoms with Crippen molar-refractivity contribution >= 4 is 17.6 Å². The first kappa shape index (κ1) is 17.3. The minimum absolute atomic E-state index is 0.135. The minimum Gasteiger partial charge on any atom is -0.497 e. The monoisotopic (exact) mass is 329 g/mol. The summed E-state index contributed by atoms with van der Waals surface area (Å²) in [5.74, 6) is 0.255. The number of carbonyl (C=O) groups excluding carboxylic acids is 1. The van der Waals surface area contributed by atoms with Crippen molar-refractivity contribution in [3.05, 3.63) is 54.1 Å². The van der Waals surface area contributed by atoms with Crippen molar-refractivity contribution < 1.29 is 24.2 Å². The number of aromatic carboxylic acids is 1. The van der Waals surface area contributed by atoms with Crippen molar-refractivity contribution in [1.82, 2.24) is 0 Å². The number of carboxylic acid groups (broad SMARTS) is 1. The van der Waals surface area contributed by atoms with E-state index in [2.05, 4.69) is 5.32 Å². The van der Waals surface area contributed by atoms with Gasteiger partial charge in [0.05, 0.1) is 19.3 Å². The molecule has 0 bridgehead atoms. The summed E-state index contributed by atoms with van der Waals surface area (Å²) >= 11 is 0. The molecule has 0 aromatic heterocycles. The maximum atomic E-state index is 11.9. The number of nitrogens with one attached hydrogen (secondary N) is 1. The van der Waals surface area contributed by atoms with Crippen LogP contribution in [0.15, 0.2) is 48.5 Å². The van der Waals surface area contributed by atoms with Gasteiger partial charge < -0.3 is 19.9 Å². The molecule has 2 aromatic carbocycles. The van der Waals surface area contributed by atoms with Crippen molar-refractivity contribution in [2.75, 3.05) is 19.0 Å². The number of ether oxygens (including phenoxy) is 2. The van der Waals surface area contributed by atoms with Gasteiger partial charge in [0.25, 0.3) is 0 Å². The number of methoxy groups -OCH3 is 1. The lowest BCUT2D eigenvalue weighted by molar-refractivity contribution is -0.116. The fourth-order valence-corrected chi connectivity index (χ4v) is 2.05. The molecule has 126 valence electrons. The Balaban J connectivity index is 1.73. The van der Waals surface area contributed by atoms with Gasteiger partial charge >= 0.3 is 5.97 Å². The fraction of sp³-hybridized carbons (Fsp3) is 0.222. The molecule has 0 spiro atoms. The Labute approximate surface area is 140 Å². The maximum absolute atomic E-state index is 11.9. The minimum atomic E-state index is -1.03. The third-order valence-electron chi connectivity index (χ3n) is 3.27. The predicted molar refractivity (Wildman–Crippen MR) is 89.8 cm³/mol. The van der Waals surface area contributed by atoms with Crippen molar-refractivity contribution in [1.29, 1.82) is 0 Å². The zero-order chi connectivity index (χ0) is 17.4. The molecule has 2 aromatic rings. The molecule has 0 aliphatic rings. The van der Waals surface area contributed by atoms with E-state index < -0.39 is 5.97 Å². The first-order valence-corrected chi connectivity index (χ1v) is 7.48. The number of anilines is 1. The van der Waals surface area contributed by atoms with E-state index in [0.717, 1.165) is 5.75 Å². The molecule has 0 heterocycles. The number of amides is 1. The van der Waals surface area contributed by atoms with Crippen LogP contribution in [0.2, 0.25) is 0 Å². The Morgan fingerprint density at radius 1 is 1.08 bits per heavy atom. The molecule has 0 fully saturated rings. The molecule has 6 heteroatoms. The Morgan fingerprint density at radius 2 is 1.79 bits per heavy atom. The van der Waals surface area contributed by atoms with Crippen molar-refractivity contribution in [2.45, 2.75) is 12.8 Å². The zero-order valence-corrected chi connectivity index (χ0v) is 13.3. The molecule has 6 nitrogen and oxygen atoms in total. The van der Waals surface area contributed by atoms with Crippen LogP contribution in [0.3, 0.4) is 0 Å². The lowest BCUT2D eigenvalue weighted by Gasteiger charge is -2.08. The molecule has 0 saturated heterocycles. The summed E-state index contributed by atoms with van der Waals surface area (Å²) in [7, 11) is 1.60. The van der Waals surface area contributed by atoms with Gasteiger partial charge in [0.15, 0.2) is 0 Å². The van der Waals surface area contributed by atoms with E-state index in [1.807, 2.05) is 0 Å². The number of benzene rings is 2. The summed E-state index contributed by atoms with van der Waals surface area (Å²) in [4.78, 5) is 22.7. The quantitative estimate of drug-likeness (QED) is 0.727. The highest BCUT2D eigenvalue weighted by Crippen LogP contribution is 2.17. The average molecular weight is 329 g/mol. The standard InChI is InChI=1S/C18H19NO5/c1-23-15-7-9-16(10-8-15)24-11-3-6-17(20)19-14-5-2-4-13(12-14)18(21)22/h2,4-5,7-10,12H,3,6,11H2,1H3,(H,19,20)(H,21,22). The second-order valence-electron chi connectivity index (χ2n) is 5.06. The Bertz CT molecular complexity index is 697. The highest BCUT2D eigenvalue weighted by molar-refractivity contribution is 5.93. The van der Waals surface area contributed by atoms with Crippen LogP contribution < -0.4 is 14.8 Å². The lowest BCUT2D eigenvalue weighted by atomic mass is 10.2. The number of rotatable bonds is 8. The molecule has 2 N–H and O–H groups in total. The van der Waals surface area contributed by atoms with Gasteiger partial charge in [0.2, 0.25) is 5.91 Å². The van der Waals surface area contributed by atoms with Gasteiger partial charge in [-0.1, -0.05) is 6.07 Å². The lowest BCUT2D eigenvalue weighted by Crippen LogP contribution is -2.13. The molecule has 2 rings (SSSR count). The van der Waals surface area contributed by atoms with E-state index in [-0.39, 0.29) is 17.9 Å². The van der Waals surface area contributed by atoms with Crippen LogP contribution in [-0.2, 0) is 4.79 Å². The molecule has 0 atom stereocenters. The van der Waals surface area contributed by atoms with Crippen LogP contribution in [0.25, 0.3) is 0 Å². The average Bonchev–Trinajstić information content (AvgIpc) is 2.59. The van der Waals surface area contributed by atoms with E-state index >= 15 is 0 Å². The summed E-state index contributed by atoms with van der Waals surface area (Å²) in [6.07, 6.45) is 0.837. The van der Waals surface area contributed by atoms with Crippen LogP contribution in [0.4, 0.5) is 5.69 Å². The van der Waals surface area contributed by atoms with Crippen LogP contribution in [-0.4, -0.2) is 30.7 Å². The summed E-state index contributed by atoms with van der Waals surface area (Å²) in [5, 5.41) is 11.6. The summed E-state index contributed by atoms with van der Waals surface area (Å²) in [6, 6.07) is 13.3. The summed E-state index contributed by atoms with van der Waals surface area (Å²) < 4.78 is 10.6. The normalized spacial score (nSPS) is 10.0. The van der Waals surface area contributed by atoms with E-state index in [9.17, 15) is 9.59 Å². The van der Waals surface area contributed by atoms with Crippen LogP contribution in [0, 0.1) is 0 Å². The maximum Gasteiger partial charge on any atom is 0.335 e.